The first kappa shape index (κ1) is 13.6. The number of ether oxygens (including phenoxy) is 1. The Kier molecular flexibility index (Phi) is 4.83. The zero-order valence-corrected chi connectivity index (χ0v) is 11.0. The summed E-state index contributed by atoms with van der Waals surface area (Å²) in [6, 6.07) is 7.36. The van der Waals surface area contributed by atoms with Crippen molar-refractivity contribution in [2.24, 2.45) is 5.73 Å². The zero-order valence-electron chi connectivity index (χ0n) is 10.3. The van der Waals surface area contributed by atoms with Crippen molar-refractivity contribution in [3.63, 3.8) is 0 Å². The van der Waals surface area contributed by atoms with Gasteiger partial charge in [0.1, 0.15) is 12.4 Å². The molecule has 0 aromatic heterocycles. The van der Waals surface area contributed by atoms with Crippen LogP contribution in [-0.4, -0.2) is 48.4 Å². The Balaban J connectivity index is 1.73. The number of piperidine rings is 1. The topological polar surface area (TPSA) is 58.7 Å². The van der Waals surface area contributed by atoms with Gasteiger partial charge in [-0.25, -0.2) is 0 Å². The van der Waals surface area contributed by atoms with Crippen molar-refractivity contribution < 1.29 is 9.84 Å². The Labute approximate surface area is 112 Å². The summed E-state index contributed by atoms with van der Waals surface area (Å²) >= 11 is 5.79. The lowest BCUT2D eigenvalue weighted by molar-refractivity contribution is 0.0534. The number of rotatable bonds is 4. The van der Waals surface area contributed by atoms with Crippen molar-refractivity contribution >= 4 is 11.6 Å². The molecule has 1 aliphatic heterocycles. The molecule has 1 aliphatic rings. The van der Waals surface area contributed by atoms with Crippen LogP contribution >= 0.6 is 11.6 Å². The predicted octanol–water partition coefficient (Wildman–Crippen LogP) is 1.11. The molecular formula is C13H19ClN2O2. The number of hydrogen-bond donors (Lipinski definition) is 2. The fourth-order valence-corrected chi connectivity index (χ4v) is 2.33. The lowest BCUT2D eigenvalue weighted by Gasteiger charge is -2.33. The molecule has 2 atom stereocenters. The second kappa shape index (κ2) is 6.38. The van der Waals surface area contributed by atoms with Gasteiger partial charge < -0.3 is 15.6 Å². The molecule has 1 aromatic rings. The quantitative estimate of drug-likeness (QED) is 0.861. The van der Waals surface area contributed by atoms with E-state index in [-0.39, 0.29) is 12.1 Å². The number of nitrogens with zero attached hydrogens (tertiary/aromatic N) is 1. The van der Waals surface area contributed by atoms with Crippen molar-refractivity contribution in [2.75, 3.05) is 26.2 Å². The molecule has 1 fully saturated rings. The molecule has 100 valence electrons. The van der Waals surface area contributed by atoms with Crippen LogP contribution in [0.3, 0.4) is 0 Å². The summed E-state index contributed by atoms with van der Waals surface area (Å²) in [4.78, 5) is 2.13. The van der Waals surface area contributed by atoms with Crippen LogP contribution in [0.2, 0.25) is 5.02 Å². The van der Waals surface area contributed by atoms with E-state index >= 15 is 0 Å². The van der Waals surface area contributed by atoms with E-state index in [0.29, 0.717) is 24.6 Å². The summed E-state index contributed by atoms with van der Waals surface area (Å²) in [5, 5.41) is 10.3. The number of benzene rings is 1. The second-order valence-corrected chi connectivity index (χ2v) is 5.15. The SMILES string of the molecule is N[C@H]1C[C@@H](O)CN(CCOc2ccc(Cl)cc2)C1. The molecule has 0 saturated carbocycles. The van der Waals surface area contributed by atoms with E-state index in [9.17, 15) is 5.11 Å². The molecule has 3 N–H and O–H groups in total. The van der Waals surface area contributed by atoms with E-state index in [1.807, 2.05) is 12.1 Å². The molecule has 0 amide bonds. The van der Waals surface area contributed by atoms with Gasteiger partial charge in [0, 0.05) is 30.7 Å². The molecule has 0 radical (unpaired) electrons. The van der Waals surface area contributed by atoms with Crippen LogP contribution in [0.1, 0.15) is 6.42 Å². The van der Waals surface area contributed by atoms with Crippen LogP contribution in [0.4, 0.5) is 0 Å². The standard InChI is InChI=1S/C13H19ClN2O2/c14-10-1-3-13(4-2-10)18-6-5-16-8-11(15)7-12(17)9-16/h1-4,11-12,17H,5-9,15H2/t11-,12+/m0/s1. The first-order valence-corrected chi connectivity index (χ1v) is 6.55. The van der Waals surface area contributed by atoms with Gasteiger partial charge in [-0.15, -0.1) is 0 Å². The van der Waals surface area contributed by atoms with E-state index in [1.165, 1.54) is 0 Å². The number of aliphatic hydroxyl groups excluding tert-OH is 1. The maximum absolute atomic E-state index is 9.62. The first-order chi connectivity index (χ1) is 8.63. The number of halogens is 1. The van der Waals surface area contributed by atoms with E-state index < -0.39 is 0 Å². The number of β-amino-alcohol motifs (C(OH)–C–C–N with tert-alkyl or cyclic N) is 1. The molecule has 0 spiro atoms. The summed E-state index contributed by atoms with van der Waals surface area (Å²) in [6.07, 6.45) is 0.374. The Morgan fingerprint density at radius 3 is 2.72 bits per heavy atom. The minimum atomic E-state index is -0.315. The average Bonchev–Trinajstić information content (AvgIpc) is 2.30. The van der Waals surface area contributed by atoms with Gasteiger partial charge >= 0.3 is 0 Å². The molecule has 2 rings (SSSR count). The van der Waals surface area contributed by atoms with Gasteiger partial charge in [0.25, 0.3) is 0 Å². The van der Waals surface area contributed by atoms with Crippen LogP contribution < -0.4 is 10.5 Å². The van der Waals surface area contributed by atoms with Crippen LogP contribution in [0, 0.1) is 0 Å². The van der Waals surface area contributed by atoms with Gasteiger partial charge in [-0.1, -0.05) is 11.6 Å². The predicted molar refractivity (Wildman–Crippen MR) is 72.0 cm³/mol. The molecule has 18 heavy (non-hydrogen) atoms. The first-order valence-electron chi connectivity index (χ1n) is 6.18. The Morgan fingerprint density at radius 1 is 1.33 bits per heavy atom. The molecule has 0 bridgehead atoms. The van der Waals surface area contributed by atoms with Crippen LogP contribution in [0.15, 0.2) is 24.3 Å². The Bertz CT molecular complexity index is 362. The smallest absolute Gasteiger partial charge is 0.119 e. The van der Waals surface area contributed by atoms with Gasteiger partial charge in [0.2, 0.25) is 0 Å². The molecule has 1 saturated heterocycles. The lowest BCUT2D eigenvalue weighted by Crippen LogP contribution is -2.50. The maximum atomic E-state index is 9.62. The second-order valence-electron chi connectivity index (χ2n) is 4.71. The lowest BCUT2D eigenvalue weighted by atomic mass is 10.0. The Hall–Kier alpha value is -0.810. The van der Waals surface area contributed by atoms with Crippen LogP contribution in [0.5, 0.6) is 5.75 Å². The van der Waals surface area contributed by atoms with E-state index in [2.05, 4.69) is 4.90 Å². The fraction of sp³-hybridized carbons (Fsp3) is 0.538. The van der Waals surface area contributed by atoms with Gasteiger partial charge in [-0.2, -0.15) is 0 Å². The van der Waals surface area contributed by atoms with Crippen LogP contribution in [-0.2, 0) is 0 Å². The van der Waals surface area contributed by atoms with Crippen LogP contribution in [0.25, 0.3) is 0 Å². The van der Waals surface area contributed by atoms with E-state index in [0.717, 1.165) is 18.8 Å². The summed E-state index contributed by atoms with van der Waals surface area (Å²) < 4.78 is 5.61. The van der Waals surface area contributed by atoms with E-state index in [1.54, 1.807) is 12.1 Å². The molecule has 1 heterocycles. The third-order valence-electron chi connectivity index (χ3n) is 3.03. The van der Waals surface area contributed by atoms with Gasteiger partial charge in [-0.3, -0.25) is 4.90 Å². The molecule has 4 nitrogen and oxygen atoms in total. The van der Waals surface area contributed by atoms with Crippen molar-refractivity contribution in [2.45, 2.75) is 18.6 Å². The average molecular weight is 271 g/mol. The molecule has 1 aromatic carbocycles. The number of hydrogen-bond acceptors (Lipinski definition) is 4. The highest BCUT2D eigenvalue weighted by molar-refractivity contribution is 6.30. The summed E-state index contributed by atoms with van der Waals surface area (Å²) in [6.45, 7) is 2.85. The van der Waals surface area contributed by atoms with Crippen molar-refractivity contribution in [1.82, 2.24) is 4.90 Å². The number of aliphatic hydroxyl groups is 1. The largest absolute Gasteiger partial charge is 0.492 e. The van der Waals surface area contributed by atoms with Gasteiger partial charge in [0.05, 0.1) is 6.10 Å². The third-order valence-corrected chi connectivity index (χ3v) is 3.28. The van der Waals surface area contributed by atoms with E-state index in [4.69, 9.17) is 22.1 Å². The normalized spacial score (nSPS) is 25.1. The van der Waals surface area contributed by atoms with Gasteiger partial charge in [-0.05, 0) is 30.7 Å². The van der Waals surface area contributed by atoms with Crippen molar-refractivity contribution in [3.8, 4) is 5.75 Å². The van der Waals surface area contributed by atoms with Gasteiger partial charge in [0.15, 0.2) is 0 Å². The summed E-state index contributed by atoms with van der Waals surface area (Å²) in [5.41, 5.74) is 5.86. The fourth-order valence-electron chi connectivity index (χ4n) is 2.21. The molecule has 0 unspecified atom stereocenters. The summed E-state index contributed by atoms with van der Waals surface area (Å²) in [7, 11) is 0. The minimum absolute atomic E-state index is 0.0595. The molecule has 0 aliphatic carbocycles. The highest BCUT2D eigenvalue weighted by Crippen LogP contribution is 2.15. The number of likely N-dealkylation sites (tertiary alicyclic amines) is 1. The maximum Gasteiger partial charge on any atom is 0.119 e. The monoisotopic (exact) mass is 270 g/mol. The van der Waals surface area contributed by atoms with Crippen molar-refractivity contribution in [1.29, 1.82) is 0 Å². The summed E-state index contributed by atoms with van der Waals surface area (Å²) in [5.74, 6) is 0.807. The Morgan fingerprint density at radius 2 is 2.06 bits per heavy atom. The zero-order chi connectivity index (χ0) is 13.0. The number of nitrogens with two attached hydrogens (primary N) is 1. The highest BCUT2D eigenvalue weighted by atomic mass is 35.5. The minimum Gasteiger partial charge on any atom is -0.492 e. The third kappa shape index (κ3) is 4.14. The molecule has 5 heteroatoms. The highest BCUT2D eigenvalue weighted by Gasteiger charge is 2.22. The van der Waals surface area contributed by atoms with Crippen molar-refractivity contribution in [3.05, 3.63) is 29.3 Å². The molecular weight excluding hydrogens is 252 g/mol.